The van der Waals surface area contributed by atoms with E-state index >= 15 is 0 Å². The van der Waals surface area contributed by atoms with Crippen LogP contribution in [0.4, 0.5) is 5.82 Å². The third-order valence-corrected chi connectivity index (χ3v) is 10.3. The second kappa shape index (κ2) is 9.63. The van der Waals surface area contributed by atoms with Gasteiger partial charge in [0, 0.05) is 24.8 Å². The molecule has 2 aromatic carbocycles. The Hall–Kier alpha value is -2.45. The molecule has 9 heteroatoms. The average molecular weight is 569 g/mol. The first-order chi connectivity index (χ1) is 18.1. The van der Waals surface area contributed by atoms with Crippen LogP contribution < -0.4 is 9.62 Å². The number of hydrogen-bond acceptors (Lipinski definition) is 4. The molecule has 4 aromatic rings. The number of nitrogens with zero attached hydrogens (tertiary/aromatic N) is 4. The van der Waals surface area contributed by atoms with Crippen LogP contribution in [-0.2, 0) is 17.4 Å². The number of hydrogen-bond donors (Lipinski definition) is 1. The second-order valence-corrected chi connectivity index (χ2v) is 14.2. The topological polar surface area (TPSA) is 62.5 Å². The Morgan fingerprint density at radius 1 is 1.05 bits per heavy atom. The lowest BCUT2D eigenvalue weighted by Gasteiger charge is -2.44. The van der Waals surface area contributed by atoms with E-state index in [4.69, 9.17) is 33.2 Å². The minimum Gasteiger partial charge on any atom is -0.355 e. The summed E-state index contributed by atoms with van der Waals surface area (Å²) in [6.07, 6.45) is 8.81. The zero-order chi connectivity index (χ0) is 26.7. The first kappa shape index (κ1) is 25.8. The first-order valence-corrected chi connectivity index (χ1v) is 14.9. The summed E-state index contributed by atoms with van der Waals surface area (Å²) in [6.45, 7) is 7.84. The number of nitrogens with one attached hydrogen (secondary N) is 1. The third kappa shape index (κ3) is 4.53. The highest BCUT2D eigenvalue weighted by atomic mass is 35.5. The summed E-state index contributed by atoms with van der Waals surface area (Å²) in [5.41, 5.74) is 5.03. The van der Waals surface area contributed by atoms with Gasteiger partial charge in [-0.05, 0) is 62.6 Å². The first-order valence-electron chi connectivity index (χ1n) is 12.9. The van der Waals surface area contributed by atoms with E-state index < -0.39 is 11.0 Å². The van der Waals surface area contributed by atoms with E-state index in [9.17, 15) is 4.21 Å². The quantitative estimate of drug-likeness (QED) is 0.300. The number of fused-ring (bicyclic) bond motifs is 2. The Morgan fingerprint density at radius 3 is 2.58 bits per heavy atom. The molecule has 2 aliphatic rings. The molecule has 6 nitrogen and oxygen atoms in total. The molecule has 2 atom stereocenters. The van der Waals surface area contributed by atoms with Gasteiger partial charge in [0.15, 0.2) is 5.65 Å². The molecule has 2 aromatic heterocycles. The Kier molecular flexibility index (Phi) is 6.54. The van der Waals surface area contributed by atoms with Crippen LogP contribution in [0.1, 0.15) is 50.8 Å². The molecule has 1 saturated heterocycles. The fourth-order valence-corrected chi connectivity index (χ4v) is 7.13. The second-order valence-electron chi connectivity index (χ2n) is 11.4. The Morgan fingerprint density at radius 2 is 1.82 bits per heavy atom. The van der Waals surface area contributed by atoms with Gasteiger partial charge in [0.25, 0.3) is 0 Å². The van der Waals surface area contributed by atoms with Crippen LogP contribution in [0.25, 0.3) is 16.9 Å². The van der Waals surface area contributed by atoms with Crippen molar-refractivity contribution in [3.63, 3.8) is 0 Å². The average Bonchev–Trinajstić information content (AvgIpc) is 3.44. The summed E-state index contributed by atoms with van der Waals surface area (Å²) in [5.74, 6) is 0.923. The molecule has 0 amide bonds. The van der Waals surface area contributed by atoms with Gasteiger partial charge < -0.3 is 9.30 Å². The third-order valence-electron chi connectivity index (χ3n) is 7.94. The highest BCUT2D eigenvalue weighted by molar-refractivity contribution is 7.84. The summed E-state index contributed by atoms with van der Waals surface area (Å²) < 4.78 is 18.4. The normalized spacial score (nSPS) is 19.7. The van der Waals surface area contributed by atoms with Gasteiger partial charge in [-0.2, -0.15) is 0 Å². The molecule has 38 heavy (non-hydrogen) atoms. The fraction of sp³-hybridized carbons (Fsp3) is 0.379. The number of rotatable bonds is 4. The van der Waals surface area contributed by atoms with Gasteiger partial charge in [-0.15, -0.1) is 0 Å². The molecule has 1 spiro atoms. The van der Waals surface area contributed by atoms with Crippen LogP contribution >= 0.6 is 23.2 Å². The molecule has 1 fully saturated rings. The van der Waals surface area contributed by atoms with Gasteiger partial charge in [-0.25, -0.2) is 18.9 Å². The molecule has 0 radical (unpaired) electrons. The molecule has 0 unspecified atom stereocenters. The van der Waals surface area contributed by atoms with Crippen molar-refractivity contribution in [1.29, 1.82) is 0 Å². The molecule has 6 rings (SSSR count). The van der Waals surface area contributed by atoms with Gasteiger partial charge in [0.05, 0.1) is 49.9 Å². The summed E-state index contributed by atoms with van der Waals surface area (Å²) >= 11 is 12.7. The van der Waals surface area contributed by atoms with Crippen molar-refractivity contribution in [3.05, 3.63) is 82.2 Å². The molecule has 1 aliphatic heterocycles. The van der Waals surface area contributed by atoms with E-state index in [1.807, 2.05) is 55.9 Å². The number of imidazole rings is 1. The van der Waals surface area contributed by atoms with E-state index in [0.29, 0.717) is 10.0 Å². The van der Waals surface area contributed by atoms with Crippen molar-refractivity contribution >= 4 is 45.7 Å². The van der Waals surface area contributed by atoms with Gasteiger partial charge in [-0.1, -0.05) is 59.6 Å². The van der Waals surface area contributed by atoms with E-state index in [2.05, 4.69) is 33.9 Å². The molecular weight excluding hydrogens is 537 g/mol. The molecule has 0 saturated carbocycles. The number of aromatic nitrogens is 3. The minimum absolute atomic E-state index is 0.0384. The van der Waals surface area contributed by atoms with Crippen molar-refractivity contribution < 1.29 is 4.21 Å². The number of anilines is 1. The zero-order valence-corrected chi connectivity index (χ0v) is 24.1. The van der Waals surface area contributed by atoms with Crippen LogP contribution in [0.2, 0.25) is 10.0 Å². The highest BCUT2D eigenvalue weighted by Crippen LogP contribution is 2.52. The minimum atomic E-state index is -1.14. The highest BCUT2D eigenvalue weighted by Gasteiger charge is 2.48. The Labute approximate surface area is 236 Å². The van der Waals surface area contributed by atoms with Gasteiger partial charge in [0.2, 0.25) is 0 Å². The summed E-state index contributed by atoms with van der Waals surface area (Å²) in [5, 5.41) is 1.01. The van der Waals surface area contributed by atoms with Gasteiger partial charge >= 0.3 is 0 Å². The van der Waals surface area contributed by atoms with E-state index in [-0.39, 0.29) is 16.2 Å². The van der Waals surface area contributed by atoms with Crippen LogP contribution in [-0.4, -0.2) is 36.4 Å². The Bertz CT molecular complexity index is 1540. The molecule has 1 aliphatic carbocycles. The van der Waals surface area contributed by atoms with Gasteiger partial charge in [0.1, 0.15) is 5.82 Å². The van der Waals surface area contributed by atoms with Crippen molar-refractivity contribution in [3.8, 4) is 11.3 Å². The van der Waals surface area contributed by atoms with Crippen LogP contribution in [0.5, 0.6) is 0 Å². The maximum atomic E-state index is 13.2. The summed E-state index contributed by atoms with van der Waals surface area (Å²) in [4.78, 5) is 11.8. The number of benzene rings is 2. The molecule has 1 N–H and O–H groups in total. The number of halogens is 2. The fourth-order valence-electron chi connectivity index (χ4n) is 5.79. The smallest absolute Gasteiger partial charge is 0.156 e. The van der Waals surface area contributed by atoms with Crippen molar-refractivity contribution in [1.82, 2.24) is 19.1 Å². The molecular formula is C29H31Cl2N5OS. The largest absolute Gasteiger partial charge is 0.355 e. The predicted molar refractivity (Wildman–Crippen MR) is 156 cm³/mol. The van der Waals surface area contributed by atoms with E-state index in [1.54, 1.807) is 6.07 Å². The monoisotopic (exact) mass is 567 g/mol. The lowest BCUT2D eigenvalue weighted by atomic mass is 9.73. The van der Waals surface area contributed by atoms with Crippen LogP contribution in [0.15, 0.2) is 61.1 Å². The maximum Gasteiger partial charge on any atom is 0.156 e. The SMILES string of the molecule is CC(C)(C)[S@@](=O)N[C@@H]1c2ccccc2CC12CCN(c1cn3cc(-c4cccc(Cl)c4Cl)nc3cn1)CC2. The van der Waals surface area contributed by atoms with Crippen molar-refractivity contribution in [2.45, 2.75) is 50.8 Å². The van der Waals surface area contributed by atoms with E-state index in [1.165, 1.54) is 11.1 Å². The Balaban J connectivity index is 1.24. The lowest BCUT2D eigenvalue weighted by Crippen LogP contribution is -2.48. The van der Waals surface area contributed by atoms with E-state index in [0.717, 1.165) is 55.1 Å². The van der Waals surface area contributed by atoms with Crippen molar-refractivity contribution in [2.24, 2.45) is 5.41 Å². The maximum absolute atomic E-state index is 13.2. The molecule has 0 bridgehead atoms. The number of piperidine rings is 1. The lowest BCUT2D eigenvalue weighted by molar-refractivity contribution is 0.177. The summed E-state index contributed by atoms with van der Waals surface area (Å²) in [7, 11) is -1.14. The van der Waals surface area contributed by atoms with Crippen LogP contribution in [0.3, 0.4) is 0 Å². The molecule has 3 heterocycles. The zero-order valence-electron chi connectivity index (χ0n) is 21.7. The molecule has 198 valence electrons. The van der Waals surface area contributed by atoms with Crippen molar-refractivity contribution in [2.75, 3.05) is 18.0 Å². The van der Waals surface area contributed by atoms with Crippen LogP contribution in [0, 0.1) is 5.41 Å². The van der Waals surface area contributed by atoms with Gasteiger partial charge in [-0.3, -0.25) is 0 Å². The standard InChI is InChI=1S/C29H31Cl2N5OS/c1-28(2,3)38(37)34-27-20-8-5-4-7-19(20)15-29(27)11-13-35(14-12-29)25-18-36-17-23(33-24(36)16-32-25)21-9-6-10-22(30)26(21)31/h4-10,16-18,27,34H,11-15H2,1-3H3/t27-,38-/m1/s1. The summed E-state index contributed by atoms with van der Waals surface area (Å²) in [6, 6.07) is 14.3. The predicted octanol–water partition coefficient (Wildman–Crippen LogP) is 6.64.